The molecule has 3 rings (SSSR count). The van der Waals surface area contributed by atoms with Gasteiger partial charge in [-0.3, -0.25) is 9.97 Å². The van der Waals surface area contributed by atoms with Crippen LogP contribution in [-0.2, 0) is 0 Å². The molecule has 2 heterocycles. The van der Waals surface area contributed by atoms with Crippen molar-refractivity contribution in [1.29, 1.82) is 0 Å². The van der Waals surface area contributed by atoms with Crippen molar-refractivity contribution < 1.29 is 4.79 Å². The number of carbonyl (C=O) groups is 1. The molecule has 5 nitrogen and oxygen atoms in total. The molecule has 122 valence electrons. The second-order valence-electron chi connectivity index (χ2n) is 5.80. The van der Waals surface area contributed by atoms with Crippen molar-refractivity contribution in [2.24, 2.45) is 0 Å². The zero-order valence-electron chi connectivity index (χ0n) is 14.0. The highest BCUT2D eigenvalue weighted by molar-refractivity contribution is 5.99. The van der Waals surface area contributed by atoms with E-state index in [0.29, 0.717) is 5.69 Å². The number of fused-ring (bicyclic) bond motifs is 1. The molecule has 0 radical (unpaired) electrons. The monoisotopic (exact) mass is 320 g/mol. The Balaban J connectivity index is 1.83. The first kappa shape index (κ1) is 15.9. The van der Waals surface area contributed by atoms with Gasteiger partial charge in [-0.05, 0) is 38.1 Å². The van der Waals surface area contributed by atoms with Crippen molar-refractivity contribution in [1.82, 2.24) is 14.9 Å². The minimum atomic E-state index is -0.191. The number of para-hydroxylation sites is 1. The lowest BCUT2D eigenvalue weighted by molar-refractivity contribution is 0.207. The first-order valence-corrected chi connectivity index (χ1v) is 7.87. The summed E-state index contributed by atoms with van der Waals surface area (Å²) in [5.74, 6) is 0. The number of amides is 2. The van der Waals surface area contributed by atoms with Crippen LogP contribution >= 0.6 is 0 Å². The maximum Gasteiger partial charge on any atom is 0.322 e. The molecule has 0 aliphatic rings. The van der Waals surface area contributed by atoms with Gasteiger partial charge in [0.1, 0.15) is 0 Å². The summed E-state index contributed by atoms with van der Waals surface area (Å²) in [6.45, 7) is 3.89. The number of urea groups is 1. The summed E-state index contributed by atoms with van der Waals surface area (Å²) in [6.07, 6.45) is 1.73. The smallest absolute Gasteiger partial charge is 0.319 e. The molecule has 5 heteroatoms. The summed E-state index contributed by atoms with van der Waals surface area (Å²) in [4.78, 5) is 23.1. The van der Waals surface area contributed by atoms with E-state index in [1.54, 1.807) is 18.1 Å². The van der Waals surface area contributed by atoms with Crippen molar-refractivity contribution in [3.05, 3.63) is 66.1 Å². The highest BCUT2D eigenvalue weighted by Crippen LogP contribution is 2.23. The van der Waals surface area contributed by atoms with E-state index in [1.165, 1.54) is 0 Å². The Morgan fingerprint density at radius 2 is 1.96 bits per heavy atom. The van der Waals surface area contributed by atoms with E-state index in [1.807, 2.05) is 62.4 Å². The molecule has 0 saturated carbocycles. The second-order valence-corrected chi connectivity index (χ2v) is 5.80. The lowest BCUT2D eigenvalue weighted by atomic mass is 10.1. The number of hydrogen-bond acceptors (Lipinski definition) is 3. The lowest BCUT2D eigenvalue weighted by Crippen LogP contribution is -2.34. The van der Waals surface area contributed by atoms with Crippen LogP contribution in [0.3, 0.4) is 0 Å². The first-order valence-electron chi connectivity index (χ1n) is 7.87. The average molecular weight is 320 g/mol. The molecule has 1 unspecified atom stereocenters. The molecule has 0 aliphatic heterocycles. The van der Waals surface area contributed by atoms with Gasteiger partial charge in [-0.15, -0.1) is 0 Å². The fourth-order valence-corrected chi connectivity index (χ4v) is 2.55. The lowest BCUT2D eigenvalue weighted by Gasteiger charge is -2.25. The predicted molar refractivity (Wildman–Crippen MR) is 95.9 cm³/mol. The Morgan fingerprint density at radius 1 is 1.12 bits per heavy atom. The largest absolute Gasteiger partial charge is 0.322 e. The molecule has 2 aromatic heterocycles. The van der Waals surface area contributed by atoms with E-state index in [4.69, 9.17) is 0 Å². The Hall–Kier alpha value is -2.95. The van der Waals surface area contributed by atoms with E-state index < -0.39 is 0 Å². The van der Waals surface area contributed by atoms with Crippen LogP contribution in [-0.4, -0.2) is 27.9 Å². The van der Waals surface area contributed by atoms with Crippen LogP contribution in [0.5, 0.6) is 0 Å². The maximum absolute atomic E-state index is 12.6. The van der Waals surface area contributed by atoms with Crippen molar-refractivity contribution >= 4 is 22.6 Å². The molecule has 0 bridgehead atoms. The first-order chi connectivity index (χ1) is 11.6. The third-order valence-electron chi connectivity index (χ3n) is 4.12. The number of pyridine rings is 2. The number of aromatic nitrogens is 2. The van der Waals surface area contributed by atoms with Gasteiger partial charge in [0, 0.05) is 24.3 Å². The number of nitrogens with zero attached hydrogens (tertiary/aromatic N) is 3. The third kappa shape index (κ3) is 3.20. The minimum absolute atomic E-state index is 0.129. The summed E-state index contributed by atoms with van der Waals surface area (Å²) in [5.41, 5.74) is 3.27. The maximum atomic E-state index is 12.6. The van der Waals surface area contributed by atoms with Crippen molar-refractivity contribution in [3.63, 3.8) is 0 Å². The Kier molecular flexibility index (Phi) is 4.42. The fraction of sp³-hybridized carbons (Fsp3) is 0.211. The quantitative estimate of drug-likeness (QED) is 0.788. The molecular formula is C19H20N4O. The highest BCUT2D eigenvalue weighted by atomic mass is 16.2. The summed E-state index contributed by atoms with van der Waals surface area (Å²) >= 11 is 0. The van der Waals surface area contributed by atoms with Crippen LogP contribution < -0.4 is 5.32 Å². The molecule has 2 amide bonds. The van der Waals surface area contributed by atoms with E-state index in [0.717, 1.165) is 22.3 Å². The van der Waals surface area contributed by atoms with Crippen LogP contribution in [0.25, 0.3) is 10.9 Å². The molecule has 0 saturated heterocycles. The number of anilines is 1. The van der Waals surface area contributed by atoms with Crippen LogP contribution in [0.1, 0.15) is 24.4 Å². The van der Waals surface area contributed by atoms with Gasteiger partial charge in [0.2, 0.25) is 0 Å². The van der Waals surface area contributed by atoms with Crippen LogP contribution in [0, 0.1) is 6.92 Å². The zero-order valence-corrected chi connectivity index (χ0v) is 14.0. The summed E-state index contributed by atoms with van der Waals surface area (Å²) in [7, 11) is 1.76. The van der Waals surface area contributed by atoms with Gasteiger partial charge >= 0.3 is 6.03 Å². The van der Waals surface area contributed by atoms with Crippen LogP contribution in [0.15, 0.2) is 54.7 Å². The molecule has 1 atom stereocenters. The van der Waals surface area contributed by atoms with E-state index in [9.17, 15) is 4.79 Å². The topological polar surface area (TPSA) is 58.1 Å². The summed E-state index contributed by atoms with van der Waals surface area (Å²) in [5, 5.41) is 3.96. The summed E-state index contributed by atoms with van der Waals surface area (Å²) in [6, 6.07) is 15.1. The number of aryl methyl sites for hydroxylation is 1. The zero-order chi connectivity index (χ0) is 17.1. The van der Waals surface area contributed by atoms with E-state index in [-0.39, 0.29) is 12.1 Å². The van der Waals surface area contributed by atoms with Crippen molar-refractivity contribution in [2.75, 3.05) is 12.4 Å². The van der Waals surface area contributed by atoms with Gasteiger partial charge in [-0.2, -0.15) is 0 Å². The fourth-order valence-electron chi connectivity index (χ4n) is 2.55. The molecule has 1 N–H and O–H groups in total. The predicted octanol–water partition coefficient (Wildman–Crippen LogP) is 4.16. The standard InChI is InChI=1S/C19H20N4O/c1-13-10-11-15-7-6-9-17(18(15)21-13)22-19(24)23(3)14(2)16-8-4-5-12-20-16/h4-12,14H,1-3H3,(H,22,24). The SMILES string of the molecule is Cc1ccc2cccc(NC(=O)N(C)C(C)c3ccccn3)c2n1. The molecular weight excluding hydrogens is 300 g/mol. The summed E-state index contributed by atoms with van der Waals surface area (Å²) < 4.78 is 0. The van der Waals surface area contributed by atoms with Gasteiger partial charge in [0.05, 0.1) is 22.9 Å². The van der Waals surface area contributed by atoms with Crippen LogP contribution in [0.2, 0.25) is 0 Å². The number of nitrogens with one attached hydrogen (secondary N) is 1. The molecule has 0 fully saturated rings. The molecule has 1 aromatic carbocycles. The van der Waals surface area contributed by atoms with Gasteiger partial charge in [-0.1, -0.05) is 24.3 Å². The number of carbonyl (C=O) groups excluding carboxylic acids is 1. The Bertz CT molecular complexity index is 864. The highest BCUT2D eigenvalue weighted by Gasteiger charge is 2.19. The Labute approximate surface area is 141 Å². The van der Waals surface area contributed by atoms with E-state index >= 15 is 0 Å². The Morgan fingerprint density at radius 3 is 2.71 bits per heavy atom. The number of benzene rings is 1. The van der Waals surface area contributed by atoms with Crippen molar-refractivity contribution in [2.45, 2.75) is 19.9 Å². The van der Waals surface area contributed by atoms with Gasteiger partial charge in [0.15, 0.2) is 0 Å². The van der Waals surface area contributed by atoms with Crippen LogP contribution in [0.4, 0.5) is 10.5 Å². The van der Waals surface area contributed by atoms with E-state index in [2.05, 4.69) is 15.3 Å². The average Bonchev–Trinajstić information content (AvgIpc) is 2.61. The number of rotatable bonds is 3. The molecule has 0 aliphatic carbocycles. The number of hydrogen-bond donors (Lipinski definition) is 1. The van der Waals surface area contributed by atoms with Gasteiger partial charge in [0.25, 0.3) is 0 Å². The van der Waals surface area contributed by atoms with Crippen molar-refractivity contribution in [3.8, 4) is 0 Å². The molecule has 0 spiro atoms. The second kappa shape index (κ2) is 6.66. The third-order valence-corrected chi connectivity index (χ3v) is 4.12. The molecule has 24 heavy (non-hydrogen) atoms. The minimum Gasteiger partial charge on any atom is -0.319 e. The van der Waals surface area contributed by atoms with Gasteiger partial charge < -0.3 is 10.2 Å². The molecule has 3 aromatic rings. The normalized spacial score (nSPS) is 12.0. The van der Waals surface area contributed by atoms with Gasteiger partial charge in [-0.25, -0.2) is 4.79 Å².